The Morgan fingerprint density at radius 2 is 2.10 bits per heavy atom. The van der Waals surface area contributed by atoms with Crippen LogP contribution in [-0.2, 0) is 13.0 Å². The first kappa shape index (κ1) is 13.7. The van der Waals surface area contributed by atoms with Crippen molar-refractivity contribution in [1.82, 2.24) is 14.8 Å². The maximum Gasteiger partial charge on any atom is 0.138 e. The highest BCUT2D eigenvalue weighted by Crippen LogP contribution is 2.28. The van der Waals surface area contributed by atoms with Gasteiger partial charge >= 0.3 is 0 Å². The molecule has 0 unspecified atom stereocenters. The molecule has 5 nitrogen and oxygen atoms in total. The molecular formula is C15H15ClN4O. The highest BCUT2D eigenvalue weighted by atomic mass is 35.5. The van der Waals surface area contributed by atoms with Gasteiger partial charge < -0.3 is 9.73 Å². The number of anilines is 1. The van der Waals surface area contributed by atoms with Crippen molar-refractivity contribution in [2.45, 2.75) is 19.9 Å². The fraction of sp³-hybridized carbons (Fsp3) is 0.200. The van der Waals surface area contributed by atoms with Crippen LogP contribution in [-0.4, -0.2) is 14.8 Å². The molecule has 2 aromatic heterocycles. The summed E-state index contributed by atoms with van der Waals surface area (Å²) in [6.07, 6.45) is 3.99. The van der Waals surface area contributed by atoms with Gasteiger partial charge in [-0.05, 0) is 24.3 Å². The monoisotopic (exact) mass is 302 g/mol. The molecule has 0 fully saturated rings. The molecule has 0 aliphatic carbocycles. The van der Waals surface area contributed by atoms with Crippen LogP contribution in [0, 0.1) is 0 Å². The van der Waals surface area contributed by atoms with E-state index < -0.39 is 0 Å². The van der Waals surface area contributed by atoms with Crippen molar-refractivity contribution in [1.29, 1.82) is 0 Å². The number of aryl methyl sites for hydroxylation is 1. The predicted octanol–water partition coefficient (Wildman–Crippen LogP) is 3.69. The summed E-state index contributed by atoms with van der Waals surface area (Å²) < 4.78 is 7.33. The smallest absolute Gasteiger partial charge is 0.138 e. The van der Waals surface area contributed by atoms with Gasteiger partial charge in [-0.25, -0.2) is 9.67 Å². The summed E-state index contributed by atoms with van der Waals surface area (Å²) in [5.74, 6) is 1.87. The van der Waals surface area contributed by atoms with Gasteiger partial charge in [0.15, 0.2) is 0 Å². The number of rotatable bonds is 5. The van der Waals surface area contributed by atoms with E-state index in [0.717, 1.165) is 29.3 Å². The third kappa shape index (κ3) is 2.92. The largest absolute Gasteiger partial charge is 0.464 e. The van der Waals surface area contributed by atoms with Crippen LogP contribution >= 0.6 is 11.6 Å². The van der Waals surface area contributed by atoms with Crippen LogP contribution in [0.4, 0.5) is 5.69 Å². The third-order valence-electron chi connectivity index (χ3n) is 3.15. The van der Waals surface area contributed by atoms with Crippen LogP contribution in [0.15, 0.2) is 47.4 Å². The molecule has 3 aromatic rings. The molecule has 0 saturated carbocycles. The molecule has 21 heavy (non-hydrogen) atoms. The number of para-hydroxylation sites is 1. The number of nitrogens with one attached hydrogen (secondary N) is 1. The van der Waals surface area contributed by atoms with E-state index in [1.165, 1.54) is 6.33 Å². The van der Waals surface area contributed by atoms with Gasteiger partial charge in [-0.15, -0.1) is 0 Å². The molecule has 108 valence electrons. The Balaban J connectivity index is 1.84. The van der Waals surface area contributed by atoms with Crippen molar-refractivity contribution < 1.29 is 4.42 Å². The first-order valence-corrected chi connectivity index (χ1v) is 7.10. The Labute approximate surface area is 127 Å². The quantitative estimate of drug-likeness (QED) is 0.781. The molecule has 0 amide bonds. The van der Waals surface area contributed by atoms with Crippen LogP contribution in [0.1, 0.15) is 18.4 Å². The van der Waals surface area contributed by atoms with Crippen molar-refractivity contribution >= 4 is 17.3 Å². The molecule has 0 aliphatic rings. The molecular weight excluding hydrogens is 288 g/mol. The Morgan fingerprint density at radius 3 is 2.81 bits per heavy atom. The molecule has 0 spiro atoms. The third-order valence-corrected chi connectivity index (χ3v) is 3.46. The van der Waals surface area contributed by atoms with Crippen molar-refractivity contribution in [3.05, 3.63) is 59.5 Å². The zero-order valence-electron chi connectivity index (χ0n) is 11.6. The second kappa shape index (κ2) is 6.01. The number of halogens is 1. The van der Waals surface area contributed by atoms with Gasteiger partial charge in [0.25, 0.3) is 0 Å². The SMILES string of the molecule is CCc1ccc(CNc2cccc(Cl)c2-n2cncn2)o1. The van der Waals surface area contributed by atoms with E-state index >= 15 is 0 Å². The van der Waals surface area contributed by atoms with Crippen LogP contribution in [0.25, 0.3) is 5.69 Å². The molecule has 2 heterocycles. The van der Waals surface area contributed by atoms with Gasteiger partial charge in [-0.3, -0.25) is 0 Å². The topological polar surface area (TPSA) is 55.9 Å². The Morgan fingerprint density at radius 1 is 1.24 bits per heavy atom. The van der Waals surface area contributed by atoms with Crippen LogP contribution < -0.4 is 5.32 Å². The molecule has 1 N–H and O–H groups in total. The van der Waals surface area contributed by atoms with Crippen molar-refractivity contribution in [2.75, 3.05) is 5.32 Å². The fourth-order valence-electron chi connectivity index (χ4n) is 2.10. The molecule has 3 rings (SSSR count). The molecule has 6 heteroatoms. The number of aromatic nitrogens is 3. The minimum Gasteiger partial charge on any atom is -0.464 e. The first-order chi connectivity index (χ1) is 10.3. The first-order valence-electron chi connectivity index (χ1n) is 6.73. The van der Waals surface area contributed by atoms with E-state index in [0.29, 0.717) is 11.6 Å². The van der Waals surface area contributed by atoms with Gasteiger partial charge in [0.2, 0.25) is 0 Å². The average molecular weight is 303 g/mol. The normalized spacial score (nSPS) is 10.8. The second-order valence-electron chi connectivity index (χ2n) is 4.55. The summed E-state index contributed by atoms with van der Waals surface area (Å²) in [4.78, 5) is 3.96. The summed E-state index contributed by atoms with van der Waals surface area (Å²) in [7, 11) is 0. The zero-order valence-corrected chi connectivity index (χ0v) is 12.3. The standard InChI is InChI=1S/C15H15ClN4O/c1-2-11-6-7-12(21-11)8-18-14-5-3-4-13(16)15(14)20-10-17-9-19-20/h3-7,9-10,18H,2,8H2,1H3. The summed E-state index contributed by atoms with van der Waals surface area (Å²) in [6, 6.07) is 9.64. The lowest BCUT2D eigenvalue weighted by atomic mass is 10.2. The van der Waals surface area contributed by atoms with Gasteiger partial charge in [0, 0.05) is 6.42 Å². The highest BCUT2D eigenvalue weighted by molar-refractivity contribution is 6.33. The number of furan rings is 1. The lowest BCUT2D eigenvalue weighted by molar-refractivity contribution is 0.476. The molecule has 0 bridgehead atoms. The van der Waals surface area contributed by atoms with E-state index in [4.69, 9.17) is 16.0 Å². The average Bonchev–Trinajstić information content (AvgIpc) is 3.16. The van der Waals surface area contributed by atoms with E-state index in [1.807, 2.05) is 30.3 Å². The number of hydrogen-bond acceptors (Lipinski definition) is 4. The minimum absolute atomic E-state index is 0.585. The maximum absolute atomic E-state index is 6.28. The van der Waals surface area contributed by atoms with Gasteiger partial charge in [-0.1, -0.05) is 24.6 Å². The van der Waals surface area contributed by atoms with Crippen LogP contribution in [0.5, 0.6) is 0 Å². The van der Waals surface area contributed by atoms with Gasteiger partial charge in [-0.2, -0.15) is 5.10 Å². The summed E-state index contributed by atoms with van der Waals surface area (Å²) in [5.41, 5.74) is 1.65. The van der Waals surface area contributed by atoms with Gasteiger partial charge in [0.1, 0.15) is 29.9 Å². The van der Waals surface area contributed by atoms with E-state index in [1.54, 1.807) is 11.0 Å². The summed E-state index contributed by atoms with van der Waals surface area (Å²) >= 11 is 6.28. The summed E-state index contributed by atoms with van der Waals surface area (Å²) in [6.45, 7) is 2.65. The van der Waals surface area contributed by atoms with Crippen molar-refractivity contribution in [3.8, 4) is 5.69 Å². The van der Waals surface area contributed by atoms with Crippen LogP contribution in [0.2, 0.25) is 5.02 Å². The number of hydrogen-bond donors (Lipinski definition) is 1. The van der Waals surface area contributed by atoms with E-state index in [2.05, 4.69) is 22.3 Å². The predicted molar refractivity (Wildman–Crippen MR) is 81.8 cm³/mol. The summed E-state index contributed by atoms with van der Waals surface area (Å²) in [5, 5.41) is 8.08. The maximum atomic E-state index is 6.28. The van der Waals surface area contributed by atoms with Crippen molar-refractivity contribution in [2.24, 2.45) is 0 Å². The molecule has 0 radical (unpaired) electrons. The van der Waals surface area contributed by atoms with Crippen molar-refractivity contribution in [3.63, 3.8) is 0 Å². The van der Waals surface area contributed by atoms with Gasteiger partial charge in [0.05, 0.1) is 17.3 Å². The second-order valence-corrected chi connectivity index (χ2v) is 4.96. The van der Waals surface area contributed by atoms with E-state index in [-0.39, 0.29) is 0 Å². The minimum atomic E-state index is 0.585. The van der Waals surface area contributed by atoms with Crippen LogP contribution in [0.3, 0.4) is 0 Å². The Hall–Kier alpha value is -2.27. The number of benzene rings is 1. The lowest BCUT2D eigenvalue weighted by Crippen LogP contribution is -2.05. The lowest BCUT2D eigenvalue weighted by Gasteiger charge is -2.12. The molecule has 0 atom stereocenters. The molecule has 1 aromatic carbocycles. The van der Waals surface area contributed by atoms with E-state index in [9.17, 15) is 0 Å². The zero-order chi connectivity index (χ0) is 14.7. The number of nitrogens with zero attached hydrogens (tertiary/aromatic N) is 3. The fourth-order valence-corrected chi connectivity index (χ4v) is 2.37. The Kier molecular flexibility index (Phi) is 3.92. The highest BCUT2D eigenvalue weighted by Gasteiger charge is 2.10. The molecule has 0 saturated heterocycles. The Bertz CT molecular complexity index is 721. The molecule has 0 aliphatic heterocycles.